The number of urea groups is 1. The third-order valence-corrected chi connectivity index (χ3v) is 4.79. The number of rotatable bonds is 5. The summed E-state index contributed by atoms with van der Waals surface area (Å²) in [6, 6.07) is 7.14. The zero-order chi connectivity index (χ0) is 18.6. The number of nitrogens with one attached hydrogen (secondary N) is 2. The van der Waals surface area contributed by atoms with E-state index in [0.29, 0.717) is 11.7 Å². The van der Waals surface area contributed by atoms with Crippen molar-refractivity contribution in [3.8, 4) is 5.69 Å². The molecule has 1 aliphatic carbocycles. The van der Waals surface area contributed by atoms with E-state index in [9.17, 15) is 4.79 Å². The quantitative estimate of drug-likeness (QED) is 0.714. The van der Waals surface area contributed by atoms with Gasteiger partial charge in [0.25, 0.3) is 0 Å². The second-order valence-electron chi connectivity index (χ2n) is 6.66. The zero-order valence-electron chi connectivity index (χ0n) is 15.0. The van der Waals surface area contributed by atoms with Gasteiger partial charge in [0.05, 0.1) is 11.7 Å². The fraction of sp³-hybridized carbons (Fsp3) is 0.412. The fourth-order valence-electron chi connectivity index (χ4n) is 3.43. The van der Waals surface area contributed by atoms with Gasteiger partial charge in [0.1, 0.15) is 12.7 Å². The van der Waals surface area contributed by atoms with Gasteiger partial charge in [-0.2, -0.15) is 0 Å². The Morgan fingerprint density at radius 1 is 1.15 bits per heavy atom. The maximum atomic E-state index is 12.3. The van der Waals surface area contributed by atoms with Gasteiger partial charge in [0, 0.05) is 11.7 Å². The van der Waals surface area contributed by atoms with Crippen LogP contribution in [0.25, 0.3) is 5.69 Å². The number of nitrogens with zero attached hydrogens (tertiary/aromatic N) is 7. The van der Waals surface area contributed by atoms with E-state index >= 15 is 0 Å². The van der Waals surface area contributed by atoms with Gasteiger partial charge >= 0.3 is 6.03 Å². The number of tetrazole rings is 1. The summed E-state index contributed by atoms with van der Waals surface area (Å²) in [7, 11) is 0. The Kier molecular flexibility index (Phi) is 4.77. The Morgan fingerprint density at radius 3 is 2.63 bits per heavy atom. The summed E-state index contributed by atoms with van der Waals surface area (Å²) in [6.07, 6.45) is 8.00. The first-order valence-corrected chi connectivity index (χ1v) is 9.01. The minimum Gasteiger partial charge on any atom is -0.328 e. The summed E-state index contributed by atoms with van der Waals surface area (Å²) in [6.45, 7) is 1.91. The van der Waals surface area contributed by atoms with Gasteiger partial charge in [-0.15, -0.1) is 15.3 Å². The Morgan fingerprint density at radius 2 is 1.93 bits per heavy atom. The molecule has 27 heavy (non-hydrogen) atoms. The number of carbonyl (C=O) groups is 1. The number of amides is 2. The summed E-state index contributed by atoms with van der Waals surface area (Å²) >= 11 is 0. The largest absolute Gasteiger partial charge is 0.328 e. The Labute approximate surface area is 156 Å². The van der Waals surface area contributed by atoms with Crippen molar-refractivity contribution in [1.29, 1.82) is 0 Å². The van der Waals surface area contributed by atoms with Crippen molar-refractivity contribution >= 4 is 11.7 Å². The van der Waals surface area contributed by atoms with Gasteiger partial charge in [0.2, 0.25) is 0 Å². The van der Waals surface area contributed by atoms with Crippen LogP contribution in [0.15, 0.2) is 36.9 Å². The molecule has 0 aliphatic heterocycles. The molecule has 1 saturated carbocycles. The first kappa shape index (κ1) is 17.1. The lowest BCUT2D eigenvalue weighted by atomic mass is 10.2. The normalized spacial score (nSPS) is 15.6. The SMILES string of the molecule is CC(NC(=O)Nc1ccc(-n2cnnn2)cc1)c1nncn1C1CCCC1. The van der Waals surface area contributed by atoms with Crippen molar-refractivity contribution in [3.63, 3.8) is 0 Å². The van der Waals surface area contributed by atoms with Crippen LogP contribution in [0.5, 0.6) is 0 Å². The molecular weight excluding hydrogens is 346 g/mol. The molecule has 1 aromatic carbocycles. The van der Waals surface area contributed by atoms with E-state index in [4.69, 9.17) is 0 Å². The van der Waals surface area contributed by atoms with Crippen LogP contribution >= 0.6 is 0 Å². The highest BCUT2D eigenvalue weighted by Crippen LogP contribution is 2.31. The van der Waals surface area contributed by atoms with Crippen molar-refractivity contribution < 1.29 is 4.79 Å². The van der Waals surface area contributed by atoms with Crippen LogP contribution in [-0.2, 0) is 0 Å². The molecule has 0 bridgehead atoms. The number of carbonyl (C=O) groups excluding carboxylic acids is 1. The number of aromatic nitrogens is 7. The van der Waals surface area contributed by atoms with E-state index in [0.717, 1.165) is 24.4 Å². The number of hydrogen-bond donors (Lipinski definition) is 2. The van der Waals surface area contributed by atoms with E-state index in [2.05, 4.69) is 40.9 Å². The first-order chi connectivity index (χ1) is 13.2. The lowest BCUT2D eigenvalue weighted by molar-refractivity contribution is 0.248. The molecule has 4 rings (SSSR count). The molecule has 2 amide bonds. The molecule has 2 heterocycles. The predicted molar refractivity (Wildman–Crippen MR) is 97.3 cm³/mol. The van der Waals surface area contributed by atoms with E-state index in [1.54, 1.807) is 23.1 Å². The molecule has 0 saturated heterocycles. The maximum absolute atomic E-state index is 12.3. The Hall–Kier alpha value is -3.30. The highest BCUT2D eigenvalue weighted by molar-refractivity contribution is 5.89. The van der Waals surface area contributed by atoms with Crippen LogP contribution in [0.1, 0.15) is 50.5 Å². The van der Waals surface area contributed by atoms with Crippen molar-refractivity contribution in [2.45, 2.75) is 44.7 Å². The van der Waals surface area contributed by atoms with Crippen molar-refractivity contribution in [2.24, 2.45) is 0 Å². The molecule has 2 N–H and O–H groups in total. The second-order valence-corrected chi connectivity index (χ2v) is 6.66. The molecule has 1 atom stereocenters. The topological polar surface area (TPSA) is 115 Å². The Balaban J connectivity index is 1.37. The third kappa shape index (κ3) is 3.78. The monoisotopic (exact) mass is 367 g/mol. The van der Waals surface area contributed by atoms with Gasteiger partial charge in [0.15, 0.2) is 5.82 Å². The molecule has 0 radical (unpaired) electrons. The van der Waals surface area contributed by atoms with Gasteiger partial charge < -0.3 is 15.2 Å². The Bertz CT molecular complexity index is 882. The van der Waals surface area contributed by atoms with E-state index < -0.39 is 0 Å². The van der Waals surface area contributed by atoms with Crippen LogP contribution in [0.3, 0.4) is 0 Å². The number of anilines is 1. The lowest BCUT2D eigenvalue weighted by Gasteiger charge is -2.19. The summed E-state index contributed by atoms with van der Waals surface area (Å²) in [5.74, 6) is 0.783. The first-order valence-electron chi connectivity index (χ1n) is 9.01. The van der Waals surface area contributed by atoms with E-state index in [1.807, 2.05) is 19.1 Å². The van der Waals surface area contributed by atoms with Gasteiger partial charge in [-0.05, 0) is 54.5 Å². The minimum absolute atomic E-state index is 0.242. The van der Waals surface area contributed by atoms with Crippen molar-refractivity contribution in [3.05, 3.63) is 42.7 Å². The second kappa shape index (κ2) is 7.52. The summed E-state index contributed by atoms with van der Waals surface area (Å²) in [5.41, 5.74) is 1.48. The minimum atomic E-state index is -0.293. The number of benzene rings is 1. The molecule has 10 heteroatoms. The summed E-state index contributed by atoms with van der Waals surface area (Å²) in [5, 5.41) is 25.0. The van der Waals surface area contributed by atoms with Crippen LogP contribution in [0.2, 0.25) is 0 Å². The summed E-state index contributed by atoms with van der Waals surface area (Å²) in [4.78, 5) is 12.3. The molecule has 1 unspecified atom stereocenters. The smallest absolute Gasteiger partial charge is 0.319 e. The van der Waals surface area contributed by atoms with E-state index in [1.165, 1.54) is 19.2 Å². The molecule has 3 aromatic rings. The summed E-state index contributed by atoms with van der Waals surface area (Å²) < 4.78 is 3.64. The predicted octanol–water partition coefficient (Wildman–Crippen LogP) is 2.25. The third-order valence-electron chi connectivity index (χ3n) is 4.79. The van der Waals surface area contributed by atoms with Gasteiger partial charge in [-0.25, -0.2) is 9.48 Å². The molecule has 0 spiro atoms. The molecular formula is C17H21N9O. The van der Waals surface area contributed by atoms with Crippen LogP contribution in [-0.4, -0.2) is 41.0 Å². The van der Waals surface area contributed by atoms with Gasteiger partial charge in [-0.3, -0.25) is 0 Å². The van der Waals surface area contributed by atoms with Crippen molar-refractivity contribution in [2.75, 3.05) is 5.32 Å². The van der Waals surface area contributed by atoms with E-state index in [-0.39, 0.29) is 12.1 Å². The number of hydrogen-bond acceptors (Lipinski definition) is 6. The standard InChI is InChI=1S/C17H21N9O/c1-12(16-22-18-10-25(16)14-4-2-3-5-14)20-17(27)21-13-6-8-15(9-7-13)26-11-19-23-24-26/h6-12,14H,2-5H2,1H3,(H2,20,21,27). The van der Waals surface area contributed by atoms with Crippen molar-refractivity contribution in [1.82, 2.24) is 40.3 Å². The van der Waals surface area contributed by atoms with Crippen LogP contribution in [0, 0.1) is 0 Å². The molecule has 1 aliphatic rings. The maximum Gasteiger partial charge on any atom is 0.319 e. The highest BCUT2D eigenvalue weighted by Gasteiger charge is 2.23. The lowest BCUT2D eigenvalue weighted by Crippen LogP contribution is -2.32. The highest BCUT2D eigenvalue weighted by atomic mass is 16.2. The average molecular weight is 367 g/mol. The molecule has 140 valence electrons. The average Bonchev–Trinajstić information content (AvgIpc) is 3.43. The fourth-order valence-corrected chi connectivity index (χ4v) is 3.43. The van der Waals surface area contributed by atoms with Crippen LogP contribution < -0.4 is 10.6 Å². The zero-order valence-corrected chi connectivity index (χ0v) is 15.0. The van der Waals surface area contributed by atoms with Crippen LogP contribution in [0.4, 0.5) is 10.5 Å². The van der Waals surface area contributed by atoms with Gasteiger partial charge in [-0.1, -0.05) is 12.8 Å². The molecule has 2 aromatic heterocycles. The molecule has 10 nitrogen and oxygen atoms in total. The molecule has 1 fully saturated rings.